The number of hydrogen-bond acceptors (Lipinski definition) is 4. The van der Waals surface area contributed by atoms with Gasteiger partial charge in [-0.3, -0.25) is 9.69 Å². The molecule has 2 aliphatic heterocycles. The monoisotopic (exact) mass is 320 g/mol. The number of nitrogens with zero attached hydrogens (tertiary/aromatic N) is 3. The molecule has 0 aromatic carbocycles. The Balaban J connectivity index is 1.59. The van der Waals surface area contributed by atoms with Crippen molar-refractivity contribution in [3.8, 4) is 0 Å². The van der Waals surface area contributed by atoms with Crippen LogP contribution in [0, 0.1) is 0 Å². The zero-order valence-electron chi connectivity index (χ0n) is 14.0. The molecule has 3 heterocycles. The van der Waals surface area contributed by atoms with Crippen LogP contribution >= 0.6 is 0 Å². The first-order chi connectivity index (χ1) is 11.3. The fraction of sp³-hybridized carbons (Fsp3) is 0.765. The molecule has 0 saturated carbocycles. The molecule has 2 saturated heterocycles. The highest BCUT2D eigenvalue weighted by Crippen LogP contribution is 2.25. The van der Waals surface area contributed by atoms with E-state index in [0.29, 0.717) is 18.4 Å². The maximum Gasteiger partial charge on any atom is 0.222 e. The van der Waals surface area contributed by atoms with Crippen molar-refractivity contribution in [2.24, 2.45) is 0 Å². The lowest BCUT2D eigenvalue weighted by molar-refractivity contribution is -0.131. The first-order valence-corrected chi connectivity index (χ1v) is 8.80. The van der Waals surface area contributed by atoms with Crippen molar-refractivity contribution >= 4 is 5.91 Å². The molecule has 23 heavy (non-hydrogen) atoms. The molecule has 2 aliphatic rings. The van der Waals surface area contributed by atoms with Crippen LogP contribution in [-0.4, -0.2) is 64.6 Å². The molecule has 0 unspecified atom stereocenters. The Bertz CT molecular complexity index is 485. The first-order valence-electron chi connectivity index (χ1n) is 8.80. The molecule has 0 radical (unpaired) electrons. The van der Waals surface area contributed by atoms with Gasteiger partial charge in [0.25, 0.3) is 0 Å². The van der Waals surface area contributed by atoms with Gasteiger partial charge in [0.2, 0.25) is 5.91 Å². The summed E-state index contributed by atoms with van der Waals surface area (Å²) in [4.78, 5) is 24.1. The van der Waals surface area contributed by atoms with Gasteiger partial charge in [0, 0.05) is 51.1 Å². The summed E-state index contributed by atoms with van der Waals surface area (Å²) in [6, 6.07) is 0.309. The molecule has 6 heteroatoms. The van der Waals surface area contributed by atoms with E-state index in [1.165, 1.54) is 0 Å². The molecule has 2 fully saturated rings. The summed E-state index contributed by atoms with van der Waals surface area (Å²) in [5.74, 6) is 0.310. The summed E-state index contributed by atoms with van der Waals surface area (Å²) in [5.41, 5.74) is 1.12. The highest BCUT2D eigenvalue weighted by molar-refractivity contribution is 5.76. The van der Waals surface area contributed by atoms with E-state index in [1.54, 1.807) is 13.4 Å². The van der Waals surface area contributed by atoms with Crippen molar-refractivity contribution in [3.05, 3.63) is 18.2 Å². The highest BCUT2D eigenvalue weighted by Gasteiger charge is 2.32. The van der Waals surface area contributed by atoms with Gasteiger partial charge in [0.05, 0.1) is 12.4 Å². The van der Waals surface area contributed by atoms with Gasteiger partial charge in [-0.05, 0) is 38.6 Å². The van der Waals surface area contributed by atoms with Crippen molar-refractivity contribution < 1.29 is 9.53 Å². The van der Waals surface area contributed by atoms with Crippen LogP contribution in [0.5, 0.6) is 0 Å². The normalized spacial score (nSPS) is 25.9. The number of aromatic amines is 1. The van der Waals surface area contributed by atoms with E-state index in [9.17, 15) is 4.79 Å². The van der Waals surface area contributed by atoms with E-state index in [4.69, 9.17) is 4.74 Å². The third kappa shape index (κ3) is 4.12. The van der Waals surface area contributed by atoms with Gasteiger partial charge in [-0.1, -0.05) is 0 Å². The van der Waals surface area contributed by atoms with E-state index in [1.807, 2.05) is 11.1 Å². The minimum absolute atomic E-state index is 0.220. The molecule has 6 nitrogen and oxygen atoms in total. The van der Waals surface area contributed by atoms with Crippen LogP contribution in [0.15, 0.2) is 12.5 Å². The summed E-state index contributed by atoms with van der Waals surface area (Å²) in [5, 5.41) is 0. The van der Waals surface area contributed by atoms with Crippen molar-refractivity contribution in [2.75, 3.05) is 26.7 Å². The predicted octanol–water partition coefficient (Wildman–Crippen LogP) is 1.79. The largest absolute Gasteiger partial charge is 0.380 e. The molecule has 3 rings (SSSR count). The fourth-order valence-electron chi connectivity index (χ4n) is 3.91. The maximum atomic E-state index is 12.4. The van der Waals surface area contributed by atoms with Crippen LogP contribution in [0.1, 0.15) is 44.2 Å². The smallest absolute Gasteiger partial charge is 0.222 e. The molecular formula is C17H28N4O2. The molecular weight excluding hydrogens is 292 g/mol. The Morgan fingerprint density at radius 2 is 2.17 bits per heavy atom. The Kier molecular flexibility index (Phi) is 5.67. The Hall–Kier alpha value is -1.40. The van der Waals surface area contributed by atoms with Crippen LogP contribution in [0.4, 0.5) is 0 Å². The topological polar surface area (TPSA) is 61.5 Å². The Morgan fingerprint density at radius 1 is 1.35 bits per heavy atom. The van der Waals surface area contributed by atoms with Gasteiger partial charge in [-0.15, -0.1) is 0 Å². The summed E-state index contributed by atoms with van der Waals surface area (Å²) >= 11 is 0. The first kappa shape index (κ1) is 16.5. The molecule has 1 aromatic rings. The minimum Gasteiger partial charge on any atom is -0.380 e. The molecule has 128 valence electrons. The second-order valence-corrected chi connectivity index (χ2v) is 6.66. The number of imidazole rings is 1. The van der Waals surface area contributed by atoms with Gasteiger partial charge in [0.1, 0.15) is 0 Å². The zero-order valence-corrected chi connectivity index (χ0v) is 14.0. The summed E-state index contributed by atoms with van der Waals surface area (Å²) in [7, 11) is 1.79. The van der Waals surface area contributed by atoms with Crippen molar-refractivity contribution in [2.45, 2.75) is 57.2 Å². The quantitative estimate of drug-likeness (QED) is 0.868. The standard InChI is InChI=1S/C17H28N4O2/c1-23-16-5-4-10-21(12-14-11-18-13-19-14)15(16)6-7-17(22)20-8-2-3-9-20/h11,13,15-16H,2-10,12H2,1H3,(H,18,19)/t15-,16-/m0/s1. The maximum absolute atomic E-state index is 12.4. The number of hydrogen-bond donors (Lipinski definition) is 1. The number of methoxy groups -OCH3 is 1. The highest BCUT2D eigenvalue weighted by atomic mass is 16.5. The lowest BCUT2D eigenvalue weighted by Gasteiger charge is -2.40. The molecule has 0 aliphatic carbocycles. The second kappa shape index (κ2) is 7.93. The number of nitrogens with one attached hydrogen (secondary N) is 1. The van der Waals surface area contributed by atoms with Crippen molar-refractivity contribution in [1.29, 1.82) is 0 Å². The second-order valence-electron chi connectivity index (χ2n) is 6.66. The molecule has 0 bridgehead atoms. The number of aromatic nitrogens is 2. The number of ether oxygens (including phenoxy) is 1. The Labute approximate surface area is 138 Å². The molecule has 1 N–H and O–H groups in total. The molecule has 1 aromatic heterocycles. The van der Waals surface area contributed by atoms with E-state index in [2.05, 4.69) is 14.9 Å². The number of rotatable bonds is 6. The molecule has 1 amide bonds. The van der Waals surface area contributed by atoms with Gasteiger partial charge >= 0.3 is 0 Å². The average molecular weight is 320 g/mol. The fourth-order valence-corrected chi connectivity index (χ4v) is 3.91. The van der Waals surface area contributed by atoms with Gasteiger partial charge in [-0.25, -0.2) is 4.98 Å². The molecule has 0 spiro atoms. The lowest BCUT2D eigenvalue weighted by Crippen LogP contribution is -2.49. The van der Waals surface area contributed by atoms with Crippen LogP contribution in [0.3, 0.4) is 0 Å². The number of likely N-dealkylation sites (tertiary alicyclic amines) is 2. The molecule has 2 atom stereocenters. The third-order valence-electron chi connectivity index (χ3n) is 5.18. The predicted molar refractivity (Wildman–Crippen MR) is 87.9 cm³/mol. The van der Waals surface area contributed by atoms with Gasteiger partial charge < -0.3 is 14.6 Å². The van der Waals surface area contributed by atoms with Crippen LogP contribution < -0.4 is 0 Å². The number of H-pyrrole nitrogens is 1. The zero-order chi connectivity index (χ0) is 16.1. The van der Waals surface area contributed by atoms with E-state index < -0.39 is 0 Å². The van der Waals surface area contributed by atoms with Gasteiger partial charge in [0.15, 0.2) is 0 Å². The van der Waals surface area contributed by atoms with Crippen molar-refractivity contribution in [1.82, 2.24) is 19.8 Å². The SMILES string of the molecule is CO[C@H]1CCCN(Cc2cnc[nH]2)[C@H]1CCC(=O)N1CCCC1. The van der Waals surface area contributed by atoms with Crippen molar-refractivity contribution in [3.63, 3.8) is 0 Å². The summed E-state index contributed by atoms with van der Waals surface area (Å²) in [6.45, 7) is 3.79. The Morgan fingerprint density at radius 3 is 2.87 bits per heavy atom. The number of carbonyl (C=O) groups is 1. The lowest BCUT2D eigenvalue weighted by atomic mass is 9.94. The third-order valence-corrected chi connectivity index (χ3v) is 5.18. The van der Waals surface area contributed by atoms with E-state index >= 15 is 0 Å². The minimum atomic E-state index is 0.220. The van der Waals surface area contributed by atoms with E-state index in [0.717, 1.165) is 64.0 Å². The van der Waals surface area contributed by atoms with Crippen LogP contribution in [-0.2, 0) is 16.1 Å². The van der Waals surface area contributed by atoms with Crippen LogP contribution in [0.2, 0.25) is 0 Å². The summed E-state index contributed by atoms with van der Waals surface area (Å²) in [6.07, 6.45) is 9.86. The van der Waals surface area contributed by atoms with Crippen LogP contribution in [0.25, 0.3) is 0 Å². The number of piperidine rings is 1. The average Bonchev–Trinajstić information content (AvgIpc) is 3.26. The number of carbonyl (C=O) groups excluding carboxylic acids is 1. The number of amides is 1. The van der Waals surface area contributed by atoms with Gasteiger partial charge in [-0.2, -0.15) is 0 Å². The van der Waals surface area contributed by atoms with E-state index in [-0.39, 0.29) is 6.10 Å². The summed E-state index contributed by atoms with van der Waals surface area (Å²) < 4.78 is 5.72.